The molecule has 0 spiro atoms. The Bertz CT molecular complexity index is 657. The first kappa shape index (κ1) is 18.5. The van der Waals surface area contributed by atoms with Gasteiger partial charge in [-0.05, 0) is 39.7 Å². The molecule has 1 aliphatic heterocycles. The minimum absolute atomic E-state index is 0.0813. The largest absolute Gasteiger partial charge is 0.494 e. The van der Waals surface area contributed by atoms with E-state index < -0.39 is 0 Å². The number of urea groups is 1. The first-order chi connectivity index (χ1) is 12.5. The van der Waals surface area contributed by atoms with Crippen molar-refractivity contribution in [2.75, 3.05) is 13.2 Å². The maximum Gasteiger partial charge on any atom is 0.318 e. The molecule has 1 saturated heterocycles. The van der Waals surface area contributed by atoms with Gasteiger partial charge in [-0.2, -0.15) is 0 Å². The van der Waals surface area contributed by atoms with E-state index in [2.05, 4.69) is 5.32 Å². The molecule has 1 atom stereocenters. The van der Waals surface area contributed by atoms with E-state index in [-0.39, 0.29) is 30.1 Å². The Kier molecular flexibility index (Phi) is 5.69. The Balaban J connectivity index is 1.65. The highest BCUT2D eigenvalue weighted by Gasteiger charge is 2.37. The zero-order chi connectivity index (χ0) is 18.7. The highest BCUT2D eigenvalue weighted by molar-refractivity contribution is 5.82. The van der Waals surface area contributed by atoms with Gasteiger partial charge in [0.25, 0.3) is 0 Å². The van der Waals surface area contributed by atoms with Crippen molar-refractivity contribution in [2.24, 2.45) is 0 Å². The monoisotopic (exact) mass is 359 g/mol. The van der Waals surface area contributed by atoms with Crippen LogP contribution >= 0.6 is 0 Å². The molecule has 1 aromatic carbocycles. The molecule has 0 radical (unpaired) electrons. The average molecular weight is 359 g/mol. The predicted octanol–water partition coefficient (Wildman–Crippen LogP) is 2.77. The number of carbonyl (C=O) groups excluding carboxylic acids is 2. The summed E-state index contributed by atoms with van der Waals surface area (Å²) in [5.41, 5.74) is 1.02. The van der Waals surface area contributed by atoms with E-state index >= 15 is 0 Å². The van der Waals surface area contributed by atoms with Gasteiger partial charge in [-0.1, -0.05) is 18.2 Å². The SMILES string of the molecule is CCOc1ccccc1CN(C(=O)N[C@H]1CC(=O)N(C(C)C)C1)C1CC1. The van der Waals surface area contributed by atoms with E-state index in [1.807, 2.05) is 54.8 Å². The van der Waals surface area contributed by atoms with Crippen LogP contribution in [0.5, 0.6) is 5.75 Å². The normalized spacial score (nSPS) is 19.8. The van der Waals surface area contributed by atoms with Crippen LogP contribution in [0.25, 0.3) is 0 Å². The fourth-order valence-electron chi connectivity index (χ4n) is 3.45. The minimum Gasteiger partial charge on any atom is -0.494 e. The number of hydrogen-bond acceptors (Lipinski definition) is 3. The number of rotatable bonds is 7. The molecule has 0 aromatic heterocycles. The standard InChI is InChI=1S/C20H29N3O3/c1-4-26-18-8-6-5-7-15(18)12-23(17-9-10-17)20(25)21-16-11-19(24)22(13-16)14(2)3/h5-8,14,16-17H,4,9-13H2,1-3H3,(H,21,25)/t16-/m0/s1. The number of hydrogen-bond donors (Lipinski definition) is 1. The lowest BCUT2D eigenvalue weighted by atomic mass is 10.2. The maximum absolute atomic E-state index is 12.9. The topological polar surface area (TPSA) is 61.9 Å². The highest BCUT2D eigenvalue weighted by Crippen LogP contribution is 2.30. The number of carbonyl (C=O) groups is 2. The van der Waals surface area contributed by atoms with Crippen LogP contribution < -0.4 is 10.1 Å². The summed E-state index contributed by atoms with van der Waals surface area (Å²) >= 11 is 0. The number of likely N-dealkylation sites (tertiary alicyclic amines) is 1. The van der Waals surface area contributed by atoms with E-state index in [0.717, 1.165) is 24.2 Å². The summed E-state index contributed by atoms with van der Waals surface area (Å²) < 4.78 is 5.70. The zero-order valence-corrected chi connectivity index (χ0v) is 15.9. The molecule has 1 aliphatic carbocycles. The lowest BCUT2D eigenvalue weighted by Crippen LogP contribution is -2.46. The summed E-state index contributed by atoms with van der Waals surface area (Å²) in [6, 6.07) is 8.12. The van der Waals surface area contributed by atoms with Crippen LogP contribution in [0, 0.1) is 0 Å². The Morgan fingerprint density at radius 2 is 2.08 bits per heavy atom. The van der Waals surface area contributed by atoms with Crippen molar-refractivity contribution in [2.45, 2.75) is 64.7 Å². The van der Waals surface area contributed by atoms with Crippen molar-refractivity contribution < 1.29 is 14.3 Å². The van der Waals surface area contributed by atoms with Crippen LogP contribution in [0.2, 0.25) is 0 Å². The molecule has 0 bridgehead atoms. The van der Waals surface area contributed by atoms with Gasteiger partial charge in [0.1, 0.15) is 5.75 Å². The Hall–Kier alpha value is -2.24. The quantitative estimate of drug-likeness (QED) is 0.814. The summed E-state index contributed by atoms with van der Waals surface area (Å²) in [5.74, 6) is 0.945. The minimum atomic E-state index is -0.110. The van der Waals surface area contributed by atoms with Gasteiger partial charge < -0.3 is 19.9 Å². The van der Waals surface area contributed by atoms with Crippen molar-refractivity contribution in [1.29, 1.82) is 0 Å². The predicted molar refractivity (Wildman–Crippen MR) is 100.0 cm³/mol. The molecule has 6 heteroatoms. The molecule has 3 amide bonds. The third-order valence-corrected chi connectivity index (χ3v) is 4.97. The maximum atomic E-state index is 12.9. The van der Waals surface area contributed by atoms with Gasteiger partial charge >= 0.3 is 6.03 Å². The van der Waals surface area contributed by atoms with E-state index in [1.165, 1.54) is 0 Å². The molecule has 1 heterocycles. The van der Waals surface area contributed by atoms with Crippen LogP contribution in [0.4, 0.5) is 4.79 Å². The summed E-state index contributed by atoms with van der Waals surface area (Å²) in [4.78, 5) is 28.7. The fraction of sp³-hybridized carbons (Fsp3) is 0.600. The molecule has 6 nitrogen and oxygen atoms in total. The molecule has 0 unspecified atom stereocenters. The third kappa shape index (κ3) is 4.29. The summed E-state index contributed by atoms with van der Waals surface area (Å²) in [7, 11) is 0. The van der Waals surface area contributed by atoms with Crippen molar-refractivity contribution in [1.82, 2.24) is 15.1 Å². The van der Waals surface area contributed by atoms with Crippen molar-refractivity contribution in [3.8, 4) is 5.75 Å². The van der Waals surface area contributed by atoms with E-state index in [1.54, 1.807) is 0 Å². The lowest BCUT2D eigenvalue weighted by Gasteiger charge is -2.26. The van der Waals surface area contributed by atoms with Gasteiger partial charge in [0.05, 0.1) is 19.2 Å². The van der Waals surface area contributed by atoms with Gasteiger partial charge in [-0.3, -0.25) is 4.79 Å². The van der Waals surface area contributed by atoms with Gasteiger partial charge in [0.15, 0.2) is 0 Å². The first-order valence-corrected chi connectivity index (χ1v) is 9.57. The second-order valence-corrected chi connectivity index (χ2v) is 7.39. The molecule has 26 heavy (non-hydrogen) atoms. The van der Waals surface area contributed by atoms with Crippen LogP contribution in [0.15, 0.2) is 24.3 Å². The van der Waals surface area contributed by atoms with Gasteiger partial charge in [-0.25, -0.2) is 4.79 Å². The van der Waals surface area contributed by atoms with Crippen LogP contribution in [-0.4, -0.2) is 53.0 Å². The molecule has 2 fully saturated rings. The Labute approximate surface area is 155 Å². The van der Waals surface area contributed by atoms with Gasteiger partial charge in [0, 0.05) is 30.6 Å². The molecule has 1 saturated carbocycles. The van der Waals surface area contributed by atoms with Crippen molar-refractivity contribution in [3.63, 3.8) is 0 Å². The average Bonchev–Trinajstić information content (AvgIpc) is 3.37. The second-order valence-electron chi connectivity index (χ2n) is 7.39. The molecule has 3 rings (SSSR count). The molecular formula is C20H29N3O3. The highest BCUT2D eigenvalue weighted by atomic mass is 16.5. The molecule has 142 valence electrons. The van der Waals surface area contributed by atoms with Crippen molar-refractivity contribution in [3.05, 3.63) is 29.8 Å². The number of benzene rings is 1. The number of amides is 3. The molecule has 2 aliphatic rings. The number of para-hydroxylation sites is 1. The third-order valence-electron chi connectivity index (χ3n) is 4.97. The van der Waals surface area contributed by atoms with Gasteiger partial charge in [0.2, 0.25) is 5.91 Å². The van der Waals surface area contributed by atoms with Crippen molar-refractivity contribution >= 4 is 11.9 Å². The fourth-order valence-corrected chi connectivity index (χ4v) is 3.45. The first-order valence-electron chi connectivity index (χ1n) is 9.57. The van der Waals surface area contributed by atoms with E-state index in [4.69, 9.17) is 4.74 Å². The Morgan fingerprint density at radius 1 is 1.35 bits per heavy atom. The summed E-state index contributed by atoms with van der Waals surface area (Å²) in [6.07, 6.45) is 2.45. The Morgan fingerprint density at radius 3 is 2.69 bits per heavy atom. The van der Waals surface area contributed by atoms with Crippen LogP contribution in [-0.2, 0) is 11.3 Å². The van der Waals surface area contributed by atoms with Crippen LogP contribution in [0.3, 0.4) is 0 Å². The second kappa shape index (κ2) is 7.98. The summed E-state index contributed by atoms with van der Waals surface area (Å²) in [5, 5.41) is 3.07. The van der Waals surface area contributed by atoms with Gasteiger partial charge in [-0.15, -0.1) is 0 Å². The van der Waals surface area contributed by atoms with E-state index in [9.17, 15) is 9.59 Å². The molecular weight excluding hydrogens is 330 g/mol. The molecule has 1 N–H and O–H groups in total. The summed E-state index contributed by atoms with van der Waals surface area (Å²) in [6.45, 7) is 7.69. The molecule has 1 aromatic rings. The number of ether oxygens (including phenoxy) is 1. The lowest BCUT2D eigenvalue weighted by molar-refractivity contribution is -0.129. The van der Waals surface area contributed by atoms with Crippen LogP contribution in [0.1, 0.15) is 45.6 Å². The number of nitrogens with zero attached hydrogens (tertiary/aromatic N) is 2. The smallest absolute Gasteiger partial charge is 0.318 e. The van der Waals surface area contributed by atoms with E-state index in [0.29, 0.717) is 26.1 Å². The number of nitrogens with one attached hydrogen (secondary N) is 1. The zero-order valence-electron chi connectivity index (χ0n) is 15.9.